The second-order valence-electron chi connectivity index (χ2n) is 3.62. The quantitative estimate of drug-likeness (QED) is 0.755. The summed E-state index contributed by atoms with van der Waals surface area (Å²) >= 11 is 0. The van der Waals surface area contributed by atoms with E-state index >= 15 is 0 Å². The molecule has 0 aliphatic rings. The molecular weight excluding hydrogens is 267 g/mol. The van der Waals surface area contributed by atoms with Gasteiger partial charge in [-0.3, -0.25) is 0 Å². The minimum atomic E-state index is -3.20. The van der Waals surface area contributed by atoms with Crippen LogP contribution in [0.4, 0.5) is 22.0 Å². The van der Waals surface area contributed by atoms with E-state index in [0.29, 0.717) is 6.07 Å². The molecule has 0 N–H and O–H groups in total. The molecule has 0 amide bonds. The molecule has 0 saturated heterocycles. The number of rotatable bonds is 3. The third-order valence-corrected chi connectivity index (χ3v) is 2.40. The Morgan fingerprint density at radius 2 is 1.63 bits per heavy atom. The van der Waals surface area contributed by atoms with Crippen molar-refractivity contribution in [3.05, 3.63) is 53.8 Å². The third kappa shape index (κ3) is 2.83. The minimum Gasteiger partial charge on any atom is -0.434 e. The van der Waals surface area contributed by atoms with Gasteiger partial charge >= 0.3 is 6.61 Å². The van der Waals surface area contributed by atoms with E-state index in [9.17, 15) is 22.0 Å². The SMILES string of the molecule is Fc1ccc(-c2cccc(F)c2F)c(OC(F)F)c1. The van der Waals surface area contributed by atoms with E-state index < -0.39 is 29.8 Å². The van der Waals surface area contributed by atoms with Gasteiger partial charge in [-0.1, -0.05) is 12.1 Å². The Balaban J connectivity index is 2.58. The Labute approximate surface area is 105 Å². The van der Waals surface area contributed by atoms with Gasteiger partial charge in [-0.25, -0.2) is 13.2 Å². The molecule has 1 nitrogen and oxygen atoms in total. The summed E-state index contributed by atoms with van der Waals surface area (Å²) in [5.41, 5.74) is -0.436. The van der Waals surface area contributed by atoms with Crippen LogP contribution in [-0.4, -0.2) is 6.61 Å². The van der Waals surface area contributed by atoms with Crippen LogP contribution < -0.4 is 4.74 Å². The lowest BCUT2D eigenvalue weighted by Crippen LogP contribution is -2.04. The maximum absolute atomic E-state index is 13.6. The molecule has 0 saturated carbocycles. The van der Waals surface area contributed by atoms with Gasteiger partial charge in [0, 0.05) is 17.2 Å². The largest absolute Gasteiger partial charge is 0.434 e. The van der Waals surface area contributed by atoms with Crippen molar-refractivity contribution in [2.75, 3.05) is 0 Å². The highest BCUT2D eigenvalue weighted by molar-refractivity contribution is 5.71. The second kappa shape index (κ2) is 5.26. The fourth-order valence-corrected chi connectivity index (χ4v) is 1.62. The predicted octanol–water partition coefficient (Wildman–Crippen LogP) is 4.37. The van der Waals surface area contributed by atoms with Crippen LogP contribution in [-0.2, 0) is 0 Å². The van der Waals surface area contributed by atoms with Crippen LogP contribution in [0.25, 0.3) is 11.1 Å². The van der Waals surface area contributed by atoms with Gasteiger partial charge < -0.3 is 4.74 Å². The molecule has 0 aromatic heterocycles. The molecule has 100 valence electrons. The lowest BCUT2D eigenvalue weighted by Gasteiger charge is -2.11. The predicted molar refractivity (Wildman–Crippen MR) is 58.4 cm³/mol. The number of hydrogen-bond donors (Lipinski definition) is 0. The molecule has 0 fully saturated rings. The maximum atomic E-state index is 13.6. The summed E-state index contributed by atoms with van der Waals surface area (Å²) in [4.78, 5) is 0. The summed E-state index contributed by atoms with van der Waals surface area (Å²) < 4.78 is 68.2. The van der Waals surface area contributed by atoms with Gasteiger partial charge in [0.2, 0.25) is 0 Å². The molecule has 0 unspecified atom stereocenters. The van der Waals surface area contributed by atoms with Gasteiger partial charge in [0.05, 0.1) is 0 Å². The van der Waals surface area contributed by atoms with E-state index in [-0.39, 0.29) is 11.1 Å². The molecule has 0 aliphatic heterocycles. The van der Waals surface area contributed by atoms with E-state index in [2.05, 4.69) is 4.74 Å². The highest BCUT2D eigenvalue weighted by atomic mass is 19.3. The Hall–Kier alpha value is -2.11. The fourth-order valence-electron chi connectivity index (χ4n) is 1.62. The molecule has 19 heavy (non-hydrogen) atoms. The first-order valence-electron chi connectivity index (χ1n) is 5.18. The normalized spacial score (nSPS) is 10.8. The molecule has 2 rings (SSSR count). The van der Waals surface area contributed by atoms with Crippen molar-refractivity contribution >= 4 is 0 Å². The highest BCUT2D eigenvalue weighted by Crippen LogP contribution is 2.34. The van der Waals surface area contributed by atoms with Crippen LogP contribution in [0, 0.1) is 17.5 Å². The average molecular weight is 274 g/mol. The summed E-state index contributed by atoms with van der Waals surface area (Å²) in [5, 5.41) is 0. The Morgan fingerprint density at radius 3 is 2.32 bits per heavy atom. The van der Waals surface area contributed by atoms with Crippen molar-refractivity contribution in [3.8, 4) is 16.9 Å². The zero-order chi connectivity index (χ0) is 14.0. The molecule has 0 heterocycles. The number of benzene rings is 2. The van der Waals surface area contributed by atoms with E-state index in [1.54, 1.807) is 0 Å². The van der Waals surface area contributed by atoms with E-state index in [1.165, 1.54) is 12.1 Å². The monoisotopic (exact) mass is 274 g/mol. The van der Waals surface area contributed by atoms with Gasteiger partial charge in [-0.15, -0.1) is 0 Å². The fraction of sp³-hybridized carbons (Fsp3) is 0.0769. The van der Waals surface area contributed by atoms with E-state index in [0.717, 1.165) is 18.2 Å². The molecule has 0 atom stereocenters. The zero-order valence-electron chi connectivity index (χ0n) is 9.34. The summed E-state index contributed by atoms with van der Waals surface area (Å²) in [6, 6.07) is 5.96. The van der Waals surface area contributed by atoms with Crippen LogP contribution in [0.5, 0.6) is 5.75 Å². The first-order valence-corrected chi connectivity index (χ1v) is 5.18. The maximum Gasteiger partial charge on any atom is 0.387 e. The van der Waals surface area contributed by atoms with E-state index in [1.807, 2.05) is 0 Å². The van der Waals surface area contributed by atoms with Gasteiger partial charge in [0.15, 0.2) is 11.6 Å². The van der Waals surface area contributed by atoms with Crippen LogP contribution in [0.15, 0.2) is 36.4 Å². The van der Waals surface area contributed by atoms with Crippen molar-refractivity contribution < 1.29 is 26.7 Å². The minimum absolute atomic E-state index is 0.154. The van der Waals surface area contributed by atoms with Gasteiger partial charge in [-0.05, 0) is 18.2 Å². The molecule has 0 radical (unpaired) electrons. The average Bonchev–Trinajstić information content (AvgIpc) is 2.33. The standard InChI is InChI=1S/C13H7F5O/c14-7-4-5-8(11(6-7)19-13(17)18)9-2-1-3-10(15)12(9)16/h1-6,13H. The van der Waals surface area contributed by atoms with Crippen LogP contribution in [0.2, 0.25) is 0 Å². The van der Waals surface area contributed by atoms with Gasteiger partial charge in [0.25, 0.3) is 0 Å². The molecule has 0 spiro atoms. The lowest BCUT2D eigenvalue weighted by molar-refractivity contribution is -0.0496. The van der Waals surface area contributed by atoms with Crippen molar-refractivity contribution in [1.29, 1.82) is 0 Å². The summed E-state index contributed by atoms with van der Waals surface area (Å²) in [5.74, 6) is -3.73. The summed E-state index contributed by atoms with van der Waals surface area (Å²) in [6.07, 6.45) is 0. The topological polar surface area (TPSA) is 9.23 Å². The molecule has 2 aromatic carbocycles. The molecule has 0 aliphatic carbocycles. The lowest BCUT2D eigenvalue weighted by atomic mass is 10.0. The van der Waals surface area contributed by atoms with Gasteiger partial charge in [0.1, 0.15) is 11.6 Å². The third-order valence-electron chi connectivity index (χ3n) is 2.40. The van der Waals surface area contributed by atoms with E-state index in [4.69, 9.17) is 0 Å². The molecule has 0 bridgehead atoms. The number of halogens is 5. The van der Waals surface area contributed by atoms with Crippen LogP contribution >= 0.6 is 0 Å². The summed E-state index contributed by atoms with van der Waals surface area (Å²) in [6.45, 7) is -3.20. The number of hydrogen-bond acceptors (Lipinski definition) is 1. The molecule has 2 aromatic rings. The van der Waals surface area contributed by atoms with Crippen molar-refractivity contribution in [2.24, 2.45) is 0 Å². The Bertz CT molecular complexity index is 598. The Kier molecular flexibility index (Phi) is 3.69. The van der Waals surface area contributed by atoms with Crippen LogP contribution in [0.1, 0.15) is 0 Å². The van der Waals surface area contributed by atoms with Crippen molar-refractivity contribution in [3.63, 3.8) is 0 Å². The first kappa shape index (κ1) is 13.3. The first-order chi connectivity index (χ1) is 8.99. The smallest absolute Gasteiger partial charge is 0.387 e. The number of ether oxygens (including phenoxy) is 1. The zero-order valence-corrected chi connectivity index (χ0v) is 9.34. The molecular formula is C13H7F5O. The number of alkyl halides is 2. The molecule has 6 heteroatoms. The Morgan fingerprint density at radius 1 is 0.895 bits per heavy atom. The summed E-state index contributed by atoms with van der Waals surface area (Å²) in [7, 11) is 0. The van der Waals surface area contributed by atoms with Crippen molar-refractivity contribution in [2.45, 2.75) is 6.61 Å². The van der Waals surface area contributed by atoms with Crippen LogP contribution in [0.3, 0.4) is 0 Å². The van der Waals surface area contributed by atoms with Gasteiger partial charge in [-0.2, -0.15) is 8.78 Å². The highest BCUT2D eigenvalue weighted by Gasteiger charge is 2.17. The van der Waals surface area contributed by atoms with Crippen molar-refractivity contribution in [1.82, 2.24) is 0 Å². The second-order valence-corrected chi connectivity index (χ2v) is 3.62.